The maximum Gasteiger partial charge on any atom is 0.127 e. The average Bonchev–Trinajstić information content (AvgIpc) is 2.47. The molecule has 0 aliphatic carbocycles. The van der Waals surface area contributed by atoms with E-state index in [2.05, 4.69) is 30.4 Å². The summed E-state index contributed by atoms with van der Waals surface area (Å²) in [5, 5.41) is 3.41. The number of methoxy groups -OCH3 is 1. The molecule has 0 bridgehead atoms. The van der Waals surface area contributed by atoms with Gasteiger partial charge in [-0.05, 0) is 45.2 Å². The van der Waals surface area contributed by atoms with Crippen LogP contribution in [0.1, 0.15) is 43.4 Å². The molecule has 2 atom stereocenters. The van der Waals surface area contributed by atoms with Gasteiger partial charge < -0.3 is 14.8 Å². The molecule has 1 aliphatic heterocycles. The van der Waals surface area contributed by atoms with Gasteiger partial charge in [-0.25, -0.2) is 0 Å². The molecule has 1 N–H and O–H groups in total. The van der Waals surface area contributed by atoms with Crippen molar-refractivity contribution in [2.24, 2.45) is 0 Å². The molecule has 0 saturated heterocycles. The summed E-state index contributed by atoms with van der Waals surface area (Å²) in [7, 11) is 3.79. The molecular formula is C16H25NO2. The van der Waals surface area contributed by atoms with Gasteiger partial charge in [0, 0.05) is 18.7 Å². The highest BCUT2D eigenvalue weighted by molar-refractivity contribution is 5.44. The molecule has 0 radical (unpaired) electrons. The SMILES string of the molecule is CNC(CCC(C)OC)c1cccc2c1OCCC2. The number of hydrogen-bond acceptors (Lipinski definition) is 3. The van der Waals surface area contributed by atoms with Gasteiger partial charge >= 0.3 is 0 Å². The van der Waals surface area contributed by atoms with Crippen LogP contribution in [0.5, 0.6) is 5.75 Å². The van der Waals surface area contributed by atoms with Crippen LogP contribution >= 0.6 is 0 Å². The summed E-state index contributed by atoms with van der Waals surface area (Å²) in [5.41, 5.74) is 2.65. The van der Waals surface area contributed by atoms with E-state index in [1.54, 1.807) is 7.11 Å². The number of ether oxygens (including phenoxy) is 2. The van der Waals surface area contributed by atoms with E-state index in [1.165, 1.54) is 11.1 Å². The zero-order valence-electron chi connectivity index (χ0n) is 12.2. The Hall–Kier alpha value is -1.06. The van der Waals surface area contributed by atoms with Gasteiger partial charge in [0.15, 0.2) is 0 Å². The van der Waals surface area contributed by atoms with Crippen LogP contribution in [-0.2, 0) is 11.2 Å². The summed E-state index contributed by atoms with van der Waals surface area (Å²) >= 11 is 0. The summed E-state index contributed by atoms with van der Waals surface area (Å²) < 4.78 is 11.2. The Labute approximate surface area is 116 Å². The Morgan fingerprint density at radius 1 is 1.37 bits per heavy atom. The highest BCUT2D eigenvalue weighted by atomic mass is 16.5. The zero-order chi connectivity index (χ0) is 13.7. The first-order chi connectivity index (χ1) is 9.26. The molecule has 1 aromatic rings. The van der Waals surface area contributed by atoms with E-state index in [9.17, 15) is 0 Å². The van der Waals surface area contributed by atoms with Gasteiger partial charge in [-0.15, -0.1) is 0 Å². The molecule has 1 aromatic carbocycles. The number of nitrogens with one attached hydrogen (secondary N) is 1. The van der Waals surface area contributed by atoms with Gasteiger partial charge in [0.1, 0.15) is 5.75 Å². The summed E-state index contributed by atoms with van der Waals surface area (Å²) in [6.45, 7) is 2.96. The van der Waals surface area contributed by atoms with Crippen LogP contribution < -0.4 is 10.1 Å². The number of aryl methyl sites for hydroxylation is 1. The standard InChI is InChI=1S/C16H25NO2/c1-12(18-3)9-10-15(17-2)14-8-4-6-13-7-5-11-19-16(13)14/h4,6,8,12,15,17H,5,7,9-11H2,1-3H3. The van der Waals surface area contributed by atoms with E-state index in [4.69, 9.17) is 9.47 Å². The molecule has 2 unspecified atom stereocenters. The van der Waals surface area contributed by atoms with Crippen LogP contribution in [0.4, 0.5) is 0 Å². The summed E-state index contributed by atoms with van der Waals surface area (Å²) in [6, 6.07) is 6.85. The quantitative estimate of drug-likeness (QED) is 0.855. The topological polar surface area (TPSA) is 30.5 Å². The van der Waals surface area contributed by atoms with E-state index < -0.39 is 0 Å². The van der Waals surface area contributed by atoms with Gasteiger partial charge in [0.2, 0.25) is 0 Å². The molecule has 0 saturated carbocycles. The van der Waals surface area contributed by atoms with Crippen LogP contribution in [0.3, 0.4) is 0 Å². The van der Waals surface area contributed by atoms with Crippen molar-refractivity contribution in [2.75, 3.05) is 20.8 Å². The Balaban J connectivity index is 2.14. The minimum absolute atomic E-state index is 0.302. The lowest BCUT2D eigenvalue weighted by molar-refractivity contribution is 0.106. The van der Waals surface area contributed by atoms with Gasteiger partial charge in [-0.3, -0.25) is 0 Å². The van der Waals surface area contributed by atoms with Crippen molar-refractivity contribution >= 4 is 0 Å². The Kier molecular flexibility index (Phi) is 5.23. The molecule has 0 amide bonds. The Bertz CT molecular complexity index is 406. The van der Waals surface area contributed by atoms with E-state index in [1.807, 2.05) is 7.05 Å². The first-order valence-corrected chi connectivity index (χ1v) is 7.21. The highest BCUT2D eigenvalue weighted by Gasteiger charge is 2.20. The maximum absolute atomic E-state index is 5.90. The van der Waals surface area contributed by atoms with Crippen molar-refractivity contribution in [3.8, 4) is 5.75 Å². The van der Waals surface area contributed by atoms with E-state index in [0.29, 0.717) is 12.1 Å². The lowest BCUT2D eigenvalue weighted by Gasteiger charge is -2.25. The average molecular weight is 263 g/mol. The molecular weight excluding hydrogens is 238 g/mol. The molecule has 3 nitrogen and oxygen atoms in total. The third-order valence-electron chi connectivity index (χ3n) is 3.95. The third kappa shape index (κ3) is 3.48. The fourth-order valence-electron chi connectivity index (χ4n) is 2.66. The molecule has 2 rings (SSSR count). The monoisotopic (exact) mass is 263 g/mol. The highest BCUT2D eigenvalue weighted by Crippen LogP contribution is 2.34. The first kappa shape index (κ1) is 14.4. The zero-order valence-corrected chi connectivity index (χ0v) is 12.2. The molecule has 0 spiro atoms. The smallest absolute Gasteiger partial charge is 0.127 e. The minimum atomic E-state index is 0.302. The van der Waals surface area contributed by atoms with Crippen molar-refractivity contribution < 1.29 is 9.47 Å². The molecule has 19 heavy (non-hydrogen) atoms. The van der Waals surface area contributed by atoms with Crippen molar-refractivity contribution in [3.63, 3.8) is 0 Å². The second-order valence-corrected chi connectivity index (χ2v) is 5.25. The predicted octanol–water partition coefficient (Wildman–Crippen LogP) is 3.09. The van der Waals surface area contributed by atoms with Crippen LogP contribution in [0.15, 0.2) is 18.2 Å². The summed E-state index contributed by atoms with van der Waals surface area (Å²) in [4.78, 5) is 0. The molecule has 1 aliphatic rings. The Morgan fingerprint density at radius 3 is 2.95 bits per heavy atom. The van der Waals surface area contributed by atoms with Gasteiger partial charge in [-0.1, -0.05) is 18.2 Å². The molecule has 106 valence electrons. The summed E-state index contributed by atoms with van der Waals surface area (Å²) in [6.07, 6.45) is 4.67. The normalized spacial score (nSPS) is 17.4. The minimum Gasteiger partial charge on any atom is -0.493 e. The third-order valence-corrected chi connectivity index (χ3v) is 3.95. The van der Waals surface area contributed by atoms with Crippen LogP contribution in [0.2, 0.25) is 0 Å². The van der Waals surface area contributed by atoms with Crippen molar-refractivity contribution in [3.05, 3.63) is 29.3 Å². The fourth-order valence-corrected chi connectivity index (χ4v) is 2.66. The second kappa shape index (κ2) is 6.92. The van der Waals surface area contributed by atoms with Crippen LogP contribution in [0.25, 0.3) is 0 Å². The maximum atomic E-state index is 5.90. The van der Waals surface area contributed by atoms with E-state index >= 15 is 0 Å². The molecule has 1 heterocycles. The summed E-state index contributed by atoms with van der Waals surface area (Å²) in [5.74, 6) is 1.11. The van der Waals surface area contributed by atoms with Gasteiger partial charge in [0.05, 0.1) is 12.7 Å². The molecule has 3 heteroatoms. The molecule has 0 fully saturated rings. The largest absolute Gasteiger partial charge is 0.493 e. The second-order valence-electron chi connectivity index (χ2n) is 5.25. The number of benzene rings is 1. The van der Waals surface area contributed by atoms with E-state index in [0.717, 1.165) is 38.0 Å². The van der Waals surface area contributed by atoms with Gasteiger partial charge in [-0.2, -0.15) is 0 Å². The fraction of sp³-hybridized carbons (Fsp3) is 0.625. The Morgan fingerprint density at radius 2 is 2.21 bits per heavy atom. The number of fused-ring (bicyclic) bond motifs is 1. The van der Waals surface area contributed by atoms with Crippen molar-refractivity contribution in [2.45, 2.75) is 44.8 Å². The van der Waals surface area contributed by atoms with Gasteiger partial charge in [0.25, 0.3) is 0 Å². The number of rotatable bonds is 6. The van der Waals surface area contributed by atoms with Crippen molar-refractivity contribution in [1.82, 2.24) is 5.32 Å². The van der Waals surface area contributed by atoms with E-state index in [-0.39, 0.29) is 0 Å². The number of para-hydroxylation sites is 1. The number of hydrogen-bond donors (Lipinski definition) is 1. The van der Waals surface area contributed by atoms with Crippen LogP contribution in [0, 0.1) is 0 Å². The predicted molar refractivity (Wildman–Crippen MR) is 77.8 cm³/mol. The van der Waals surface area contributed by atoms with Crippen LogP contribution in [-0.4, -0.2) is 26.9 Å². The van der Waals surface area contributed by atoms with Crippen molar-refractivity contribution in [1.29, 1.82) is 0 Å². The molecule has 0 aromatic heterocycles. The lowest BCUT2D eigenvalue weighted by Crippen LogP contribution is -2.21. The lowest BCUT2D eigenvalue weighted by atomic mass is 9.95. The first-order valence-electron chi connectivity index (χ1n) is 7.21.